The molecule has 1 saturated carbocycles. The molecule has 23 heavy (non-hydrogen) atoms. The highest BCUT2D eigenvalue weighted by atomic mass is 19.1. The Morgan fingerprint density at radius 3 is 2.35 bits per heavy atom. The molecule has 7 heteroatoms. The van der Waals surface area contributed by atoms with Crippen LogP contribution in [0.1, 0.15) is 25.7 Å². The van der Waals surface area contributed by atoms with Gasteiger partial charge < -0.3 is 20.1 Å². The lowest BCUT2D eigenvalue weighted by atomic mass is 9.86. The third-order valence-corrected chi connectivity index (χ3v) is 4.40. The second-order valence-electron chi connectivity index (χ2n) is 5.87. The minimum absolute atomic E-state index is 0.0432. The summed E-state index contributed by atoms with van der Waals surface area (Å²) >= 11 is 0. The van der Waals surface area contributed by atoms with Gasteiger partial charge in [0, 0.05) is 37.5 Å². The second-order valence-corrected chi connectivity index (χ2v) is 5.87. The summed E-state index contributed by atoms with van der Waals surface area (Å²) in [5, 5.41) is 11.6. The zero-order valence-electron chi connectivity index (χ0n) is 13.3. The molecule has 0 unspecified atom stereocenters. The van der Waals surface area contributed by atoms with Crippen molar-refractivity contribution in [3.63, 3.8) is 0 Å². The smallest absolute Gasteiger partial charge is 0.321 e. The first-order valence-electron chi connectivity index (χ1n) is 7.64. The fourth-order valence-electron chi connectivity index (χ4n) is 2.92. The minimum Gasteiger partial charge on any atom is -0.491 e. The molecule has 1 aliphatic carbocycles. The number of aliphatic hydroxyl groups is 1. The Balaban J connectivity index is 1.99. The van der Waals surface area contributed by atoms with E-state index in [1.165, 1.54) is 7.11 Å². The van der Waals surface area contributed by atoms with Gasteiger partial charge in [0.05, 0.1) is 7.11 Å². The largest absolute Gasteiger partial charge is 0.491 e. The van der Waals surface area contributed by atoms with Crippen LogP contribution in [-0.2, 0) is 0 Å². The van der Waals surface area contributed by atoms with E-state index < -0.39 is 23.4 Å². The van der Waals surface area contributed by atoms with Gasteiger partial charge in [-0.2, -0.15) is 0 Å². The number of halogens is 2. The molecule has 0 spiro atoms. The molecule has 128 valence electrons. The van der Waals surface area contributed by atoms with E-state index in [-0.39, 0.29) is 18.3 Å². The monoisotopic (exact) mass is 328 g/mol. The quantitative estimate of drug-likeness (QED) is 0.893. The molecule has 1 aromatic carbocycles. The number of carbonyl (C=O) groups is 1. The van der Waals surface area contributed by atoms with Crippen LogP contribution in [0.4, 0.5) is 19.3 Å². The van der Waals surface area contributed by atoms with E-state index >= 15 is 0 Å². The van der Waals surface area contributed by atoms with E-state index in [0.29, 0.717) is 5.92 Å². The first kappa shape index (κ1) is 17.5. The number of hydrogen-bond acceptors (Lipinski definition) is 3. The molecule has 2 N–H and O–H groups in total. The van der Waals surface area contributed by atoms with Crippen LogP contribution in [0.15, 0.2) is 12.1 Å². The van der Waals surface area contributed by atoms with E-state index in [1.807, 2.05) is 0 Å². The molecule has 0 aliphatic heterocycles. The number of amides is 2. The Hall–Kier alpha value is -1.89. The van der Waals surface area contributed by atoms with E-state index in [4.69, 9.17) is 5.11 Å². The van der Waals surface area contributed by atoms with E-state index in [1.54, 1.807) is 11.9 Å². The Kier molecular flexibility index (Phi) is 5.76. The second kappa shape index (κ2) is 7.59. The summed E-state index contributed by atoms with van der Waals surface area (Å²) in [5.41, 5.74) is 0.0432. The van der Waals surface area contributed by atoms with Crippen LogP contribution in [-0.4, -0.2) is 42.8 Å². The number of methoxy groups -OCH3 is 1. The van der Waals surface area contributed by atoms with Crippen molar-refractivity contribution >= 4 is 11.7 Å². The highest BCUT2D eigenvalue weighted by molar-refractivity contribution is 5.89. The number of hydrogen-bond donors (Lipinski definition) is 2. The average molecular weight is 328 g/mol. The molecule has 1 aliphatic rings. The summed E-state index contributed by atoms with van der Waals surface area (Å²) in [5.74, 6) is -1.91. The lowest BCUT2D eigenvalue weighted by Gasteiger charge is -2.34. The zero-order valence-corrected chi connectivity index (χ0v) is 13.3. The van der Waals surface area contributed by atoms with Crippen LogP contribution in [0.3, 0.4) is 0 Å². The first-order chi connectivity index (χ1) is 11.0. The molecule has 0 heterocycles. The fourth-order valence-corrected chi connectivity index (χ4v) is 2.92. The average Bonchev–Trinajstić information content (AvgIpc) is 2.54. The van der Waals surface area contributed by atoms with Crippen LogP contribution in [0.25, 0.3) is 0 Å². The minimum atomic E-state index is -0.867. The van der Waals surface area contributed by atoms with Gasteiger partial charge in [0.1, 0.15) is 0 Å². The van der Waals surface area contributed by atoms with Crippen LogP contribution in [0.5, 0.6) is 5.75 Å². The van der Waals surface area contributed by atoms with E-state index in [0.717, 1.165) is 37.8 Å². The topological polar surface area (TPSA) is 61.8 Å². The maximum absolute atomic E-state index is 13.6. The zero-order chi connectivity index (χ0) is 17.0. The SMILES string of the molecule is COc1c(F)cc(NC(=O)N(C)C2CCC(CO)CC2)cc1F. The summed E-state index contributed by atoms with van der Waals surface area (Å²) in [6, 6.07) is 1.69. The summed E-state index contributed by atoms with van der Waals surface area (Å²) in [6.45, 7) is 0.174. The lowest BCUT2D eigenvalue weighted by Crippen LogP contribution is -2.42. The summed E-state index contributed by atoms with van der Waals surface area (Å²) in [7, 11) is 2.84. The number of urea groups is 1. The predicted molar refractivity (Wildman–Crippen MR) is 82.5 cm³/mol. The third kappa shape index (κ3) is 4.10. The molecule has 1 fully saturated rings. The maximum atomic E-state index is 13.6. The van der Waals surface area contributed by atoms with Gasteiger partial charge in [-0.25, -0.2) is 13.6 Å². The molecule has 2 amide bonds. The predicted octanol–water partition coefficient (Wildman–Crippen LogP) is 2.99. The van der Waals surface area contributed by atoms with E-state index in [2.05, 4.69) is 10.1 Å². The summed E-state index contributed by atoms with van der Waals surface area (Å²) in [6.07, 6.45) is 3.34. The molecule has 1 aromatic rings. The Morgan fingerprint density at radius 1 is 1.30 bits per heavy atom. The molecule has 0 atom stereocenters. The lowest BCUT2D eigenvalue weighted by molar-refractivity contribution is 0.139. The Bertz CT molecular complexity index is 537. The van der Waals surface area contributed by atoms with Crippen molar-refractivity contribution in [2.45, 2.75) is 31.7 Å². The van der Waals surface area contributed by atoms with Gasteiger partial charge in [-0.3, -0.25) is 0 Å². The number of rotatable bonds is 4. The number of ether oxygens (including phenoxy) is 1. The number of anilines is 1. The van der Waals surface area contributed by atoms with Crippen molar-refractivity contribution in [3.8, 4) is 5.75 Å². The molecule has 5 nitrogen and oxygen atoms in total. The maximum Gasteiger partial charge on any atom is 0.321 e. The van der Waals surface area contributed by atoms with Crippen molar-refractivity contribution in [2.75, 3.05) is 26.1 Å². The number of carbonyl (C=O) groups excluding carboxylic acids is 1. The van der Waals surface area contributed by atoms with Crippen molar-refractivity contribution in [1.29, 1.82) is 0 Å². The number of nitrogens with one attached hydrogen (secondary N) is 1. The highest BCUT2D eigenvalue weighted by Gasteiger charge is 2.26. The first-order valence-corrected chi connectivity index (χ1v) is 7.64. The van der Waals surface area contributed by atoms with Crippen molar-refractivity contribution in [1.82, 2.24) is 4.90 Å². The summed E-state index contributed by atoms with van der Waals surface area (Å²) in [4.78, 5) is 13.8. The number of nitrogens with zero attached hydrogens (tertiary/aromatic N) is 1. The van der Waals surface area contributed by atoms with Gasteiger partial charge in [0.2, 0.25) is 0 Å². The molecular formula is C16H22F2N2O3. The van der Waals surface area contributed by atoms with Crippen molar-refractivity contribution in [3.05, 3.63) is 23.8 Å². The molecule has 0 radical (unpaired) electrons. The van der Waals surface area contributed by atoms with Gasteiger partial charge in [-0.1, -0.05) is 0 Å². The van der Waals surface area contributed by atoms with Crippen molar-refractivity contribution in [2.24, 2.45) is 5.92 Å². The standard InChI is InChI=1S/C16H22F2N2O3/c1-20(12-5-3-10(9-21)4-6-12)16(22)19-11-7-13(17)15(23-2)14(18)8-11/h7-8,10,12,21H,3-6,9H2,1-2H3,(H,19,22). The highest BCUT2D eigenvalue weighted by Crippen LogP contribution is 2.28. The van der Waals surface area contributed by atoms with Gasteiger partial charge in [-0.05, 0) is 31.6 Å². The number of aliphatic hydroxyl groups excluding tert-OH is 1. The summed E-state index contributed by atoms with van der Waals surface area (Å²) < 4.78 is 31.9. The molecule has 0 bridgehead atoms. The van der Waals surface area contributed by atoms with Crippen LogP contribution < -0.4 is 10.1 Å². The van der Waals surface area contributed by atoms with Crippen LogP contribution >= 0.6 is 0 Å². The fraction of sp³-hybridized carbons (Fsp3) is 0.562. The Morgan fingerprint density at radius 2 is 1.87 bits per heavy atom. The normalized spacial score (nSPS) is 20.9. The van der Waals surface area contributed by atoms with Gasteiger partial charge >= 0.3 is 6.03 Å². The molecule has 0 aromatic heterocycles. The molecule has 0 saturated heterocycles. The molecule has 2 rings (SSSR count). The molecular weight excluding hydrogens is 306 g/mol. The third-order valence-electron chi connectivity index (χ3n) is 4.40. The van der Waals surface area contributed by atoms with Gasteiger partial charge in [0.15, 0.2) is 17.4 Å². The van der Waals surface area contributed by atoms with E-state index in [9.17, 15) is 13.6 Å². The number of benzene rings is 1. The van der Waals surface area contributed by atoms with Gasteiger partial charge in [0.25, 0.3) is 0 Å². The Labute approximate surface area is 134 Å². The van der Waals surface area contributed by atoms with Crippen molar-refractivity contribution < 1.29 is 23.4 Å². The van der Waals surface area contributed by atoms with Crippen LogP contribution in [0, 0.1) is 17.6 Å². The van der Waals surface area contributed by atoms with Gasteiger partial charge in [-0.15, -0.1) is 0 Å². The van der Waals surface area contributed by atoms with Crippen LogP contribution in [0.2, 0.25) is 0 Å².